The summed E-state index contributed by atoms with van der Waals surface area (Å²) in [5.74, 6) is -0.672. The van der Waals surface area contributed by atoms with Crippen LogP contribution in [0.15, 0.2) is 66.0 Å². The maximum atomic E-state index is 13.9. The first kappa shape index (κ1) is 25.1. The molecule has 1 saturated carbocycles. The van der Waals surface area contributed by atoms with E-state index in [9.17, 15) is 14.4 Å². The zero-order valence-electron chi connectivity index (χ0n) is 19.7. The molecule has 1 aliphatic rings. The highest BCUT2D eigenvalue weighted by molar-refractivity contribution is 7.10. The van der Waals surface area contributed by atoms with Gasteiger partial charge < -0.3 is 5.32 Å². The van der Waals surface area contributed by atoms with Crippen LogP contribution in [0.25, 0.3) is 0 Å². The number of para-hydroxylation sites is 1. The first-order valence-electron chi connectivity index (χ1n) is 11.9. The highest BCUT2D eigenvalue weighted by Crippen LogP contribution is 2.33. The van der Waals surface area contributed by atoms with Crippen LogP contribution >= 0.6 is 22.9 Å². The van der Waals surface area contributed by atoms with Gasteiger partial charge in [-0.05, 0) is 61.0 Å². The highest BCUT2D eigenvalue weighted by Gasteiger charge is 2.35. The van der Waals surface area contributed by atoms with Crippen molar-refractivity contribution in [2.24, 2.45) is 0 Å². The van der Waals surface area contributed by atoms with E-state index in [1.165, 1.54) is 29.6 Å². The van der Waals surface area contributed by atoms with Crippen molar-refractivity contribution in [1.29, 1.82) is 0 Å². The van der Waals surface area contributed by atoms with Crippen LogP contribution < -0.4 is 10.2 Å². The number of Topliss-reactive ketones (excluding diaryl/α,β-unsaturated/α-hetero) is 1. The van der Waals surface area contributed by atoms with Crippen molar-refractivity contribution >= 4 is 46.2 Å². The molecule has 7 heteroatoms. The van der Waals surface area contributed by atoms with Crippen LogP contribution in [0.2, 0.25) is 5.02 Å². The van der Waals surface area contributed by atoms with E-state index in [1.807, 2.05) is 17.5 Å². The molecule has 0 bridgehead atoms. The van der Waals surface area contributed by atoms with E-state index in [0.717, 1.165) is 30.6 Å². The third-order valence-electron chi connectivity index (χ3n) is 6.36. The second-order valence-electron chi connectivity index (χ2n) is 8.89. The lowest BCUT2D eigenvalue weighted by Gasteiger charge is -2.34. The molecule has 2 aromatic carbocycles. The number of amides is 2. The number of anilines is 1. The lowest BCUT2D eigenvalue weighted by molar-refractivity contribution is -0.127. The Morgan fingerprint density at radius 1 is 1.00 bits per heavy atom. The minimum absolute atomic E-state index is 0.0725. The van der Waals surface area contributed by atoms with E-state index in [-0.39, 0.29) is 30.1 Å². The summed E-state index contributed by atoms with van der Waals surface area (Å²) in [4.78, 5) is 42.7. The number of rotatable bonds is 8. The molecule has 0 saturated heterocycles. The monoisotopic (exact) mass is 508 g/mol. The molecule has 3 aromatic rings. The fourth-order valence-corrected chi connectivity index (χ4v) is 5.46. The SMILES string of the molecule is CC(=O)c1ccccc1N(C(=O)Cc1cccs1)[C@H](C(=O)NC1CCCCC1)c1ccc(Cl)cc1. The van der Waals surface area contributed by atoms with Crippen LogP contribution in [-0.4, -0.2) is 23.6 Å². The maximum absolute atomic E-state index is 13.9. The van der Waals surface area contributed by atoms with Crippen LogP contribution in [0.3, 0.4) is 0 Å². The van der Waals surface area contributed by atoms with Crippen molar-refractivity contribution < 1.29 is 14.4 Å². The molecule has 35 heavy (non-hydrogen) atoms. The summed E-state index contributed by atoms with van der Waals surface area (Å²) in [6, 6.07) is 16.9. The van der Waals surface area contributed by atoms with E-state index in [2.05, 4.69) is 5.32 Å². The van der Waals surface area contributed by atoms with Crippen LogP contribution in [0.5, 0.6) is 0 Å². The predicted molar refractivity (Wildman–Crippen MR) is 141 cm³/mol. The van der Waals surface area contributed by atoms with E-state index in [1.54, 1.807) is 48.5 Å². The number of carbonyl (C=O) groups excluding carboxylic acids is 3. The number of thiophene rings is 1. The lowest BCUT2D eigenvalue weighted by Crippen LogP contribution is -2.48. The number of hydrogen-bond acceptors (Lipinski definition) is 4. The molecular weight excluding hydrogens is 480 g/mol. The molecular formula is C28H29ClN2O3S. The standard InChI is InChI=1S/C28H29ClN2O3S/c1-19(32)24-11-5-6-12-25(24)31(26(33)18-23-10-7-17-35-23)27(20-13-15-21(29)16-14-20)28(34)30-22-8-3-2-4-9-22/h5-7,10-17,22,27H,2-4,8-9,18H2,1H3,(H,30,34)/t27-/m0/s1. The van der Waals surface area contributed by atoms with Crippen molar-refractivity contribution in [1.82, 2.24) is 5.32 Å². The fraction of sp³-hybridized carbons (Fsp3) is 0.321. The van der Waals surface area contributed by atoms with Gasteiger partial charge in [-0.15, -0.1) is 11.3 Å². The molecule has 0 unspecified atom stereocenters. The molecule has 1 aromatic heterocycles. The van der Waals surface area contributed by atoms with Gasteiger partial charge in [0.15, 0.2) is 5.78 Å². The van der Waals surface area contributed by atoms with Gasteiger partial charge in [0.05, 0.1) is 12.1 Å². The maximum Gasteiger partial charge on any atom is 0.248 e. The number of nitrogens with zero attached hydrogens (tertiary/aromatic N) is 1. The summed E-state index contributed by atoms with van der Waals surface area (Å²) in [7, 11) is 0. The zero-order chi connectivity index (χ0) is 24.8. The quantitative estimate of drug-likeness (QED) is 0.359. The summed E-state index contributed by atoms with van der Waals surface area (Å²) in [6.45, 7) is 1.47. The summed E-state index contributed by atoms with van der Waals surface area (Å²) >= 11 is 7.64. The van der Waals surface area contributed by atoms with Gasteiger partial charge in [-0.1, -0.05) is 61.2 Å². The summed E-state index contributed by atoms with van der Waals surface area (Å²) in [5, 5.41) is 5.66. The number of benzene rings is 2. The van der Waals surface area contributed by atoms with E-state index < -0.39 is 6.04 Å². The number of ketones is 1. The van der Waals surface area contributed by atoms with E-state index in [4.69, 9.17) is 11.6 Å². The third-order valence-corrected chi connectivity index (χ3v) is 7.49. The first-order chi connectivity index (χ1) is 16.9. The van der Waals surface area contributed by atoms with Crippen LogP contribution in [0, 0.1) is 0 Å². The molecule has 1 heterocycles. The van der Waals surface area contributed by atoms with Crippen molar-refractivity contribution in [3.05, 3.63) is 87.1 Å². The van der Waals surface area contributed by atoms with Crippen molar-refractivity contribution in [2.45, 2.75) is 57.5 Å². The molecule has 2 amide bonds. The second-order valence-corrected chi connectivity index (χ2v) is 10.4. The third kappa shape index (κ3) is 6.19. The van der Waals surface area contributed by atoms with Crippen LogP contribution in [0.1, 0.15) is 65.9 Å². The summed E-state index contributed by atoms with van der Waals surface area (Å²) < 4.78 is 0. The van der Waals surface area contributed by atoms with Gasteiger partial charge in [0.25, 0.3) is 0 Å². The van der Waals surface area contributed by atoms with Gasteiger partial charge >= 0.3 is 0 Å². The van der Waals surface area contributed by atoms with Crippen LogP contribution in [-0.2, 0) is 16.0 Å². The van der Waals surface area contributed by atoms with E-state index >= 15 is 0 Å². The van der Waals surface area contributed by atoms with Crippen molar-refractivity contribution in [3.8, 4) is 0 Å². The van der Waals surface area contributed by atoms with Crippen molar-refractivity contribution in [2.75, 3.05) is 4.90 Å². The number of halogens is 1. The van der Waals surface area contributed by atoms with Gasteiger partial charge in [-0.2, -0.15) is 0 Å². The van der Waals surface area contributed by atoms with Crippen LogP contribution in [0.4, 0.5) is 5.69 Å². The molecule has 0 aliphatic heterocycles. The van der Waals surface area contributed by atoms with Gasteiger partial charge in [0.2, 0.25) is 11.8 Å². The minimum atomic E-state index is -0.942. The summed E-state index contributed by atoms with van der Waals surface area (Å²) in [6.07, 6.45) is 5.29. The first-order valence-corrected chi connectivity index (χ1v) is 13.2. The molecule has 1 aliphatic carbocycles. The fourth-order valence-electron chi connectivity index (χ4n) is 4.64. The van der Waals surface area contributed by atoms with Gasteiger partial charge in [0.1, 0.15) is 6.04 Å². The average molecular weight is 509 g/mol. The Morgan fingerprint density at radius 2 is 1.71 bits per heavy atom. The Labute approximate surface area is 215 Å². The smallest absolute Gasteiger partial charge is 0.248 e. The minimum Gasteiger partial charge on any atom is -0.351 e. The van der Waals surface area contributed by atoms with Gasteiger partial charge in [-0.25, -0.2) is 0 Å². The lowest BCUT2D eigenvalue weighted by atomic mass is 9.94. The Balaban J connectivity index is 1.81. The highest BCUT2D eigenvalue weighted by atomic mass is 35.5. The Bertz CT molecular complexity index is 1170. The van der Waals surface area contributed by atoms with E-state index in [0.29, 0.717) is 21.8 Å². The molecule has 4 rings (SSSR count). The number of carbonyl (C=O) groups is 3. The second kappa shape index (κ2) is 11.6. The Kier molecular flexibility index (Phi) is 8.37. The van der Waals surface area contributed by atoms with Crippen molar-refractivity contribution in [3.63, 3.8) is 0 Å². The molecule has 1 atom stereocenters. The molecule has 1 N–H and O–H groups in total. The number of hydrogen-bond donors (Lipinski definition) is 1. The topological polar surface area (TPSA) is 66.5 Å². The molecule has 0 spiro atoms. The number of nitrogens with one attached hydrogen (secondary N) is 1. The Morgan fingerprint density at radius 3 is 2.37 bits per heavy atom. The summed E-state index contributed by atoms with van der Waals surface area (Å²) in [5.41, 5.74) is 1.47. The molecule has 0 radical (unpaired) electrons. The van der Waals surface area contributed by atoms with Gasteiger partial charge in [0, 0.05) is 21.5 Å². The Hall–Kier alpha value is -2.96. The largest absolute Gasteiger partial charge is 0.351 e. The van der Waals surface area contributed by atoms with Gasteiger partial charge in [-0.3, -0.25) is 19.3 Å². The molecule has 1 fully saturated rings. The molecule has 182 valence electrons. The zero-order valence-corrected chi connectivity index (χ0v) is 21.3. The normalized spacial score (nSPS) is 14.8. The average Bonchev–Trinajstić information content (AvgIpc) is 3.36. The molecule has 5 nitrogen and oxygen atoms in total. The predicted octanol–water partition coefficient (Wildman–Crippen LogP) is 6.37.